The molecule has 0 fully saturated rings. The van der Waals surface area contributed by atoms with Crippen molar-refractivity contribution in [2.75, 3.05) is 0 Å². The monoisotopic (exact) mass is 835 g/mol. The van der Waals surface area contributed by atoms with E-state index in [9.17, 15) is 26.3 Å². The Labute approximate surface area is 284 Å². The number of para-hydroxylation sites is 1. The number of hydrogen-bond donors (Lipinski definition) is 0. The van der Waals surface area contributed by atoms with Crippen LogP contribution in [0, 0.1) is 26.0 Å². The predicted octanol–water partition coefficient (Wildman–Crippen LogP) is 10.1. The zero-order valence-electron chi connectivity index (χ0n) is 25.0. The van der Waals surface area contributed by atoms with Crippen LogP contribution in [0.4, 0.5) is 26.3 Å². The first-order valence-corrected chi connectivity index (χ1v) is 14.3. The van der Waals surface area contributed by atoms with Crippen LogP contribution in [0.2, 0.25) is 0 Å². The van der Waals surface area contributed by atoms with E-state index >= 15 is 0 Å². The molecular weight excluding hydrogens is 813 g/mol. The zero-order valence-corrected chi connectivity index (χ0v) is 27.3. The molecule has 0 unspecified atom stereocenters. The van der Waals surface area contributed by atoms with Gasteiger partial charge >= 0.3 is 33.4 Å². The fourth-order valence-electron chi connectivity index (χ4n) is 5.69. The molecule has 0 saturated heterocycles. The van der Waals surface area contributed by atoms with Crippen molar-refractivity contribution in [2.24, 2.45) is 0 Å². The number of ether oxygens (including phenoxy) is 1. The van der Waals surface area contributed by atoms with Gasteiger partial charge in [-0.2, -0.15) is 43.6 Å². The predicted molar refractivity (Wildman–Crippen MR) is 165 cm³/mol. The number of pyridine rings is 1. The van der Waals surface area contributed by atoms with Crippen LogP contribution in [0.5, 0.6) is 11.5 Å². The molecule has 0 amide bonds. The van der Waals surface area contributed by atoms with Gasteiger partial charge < -0.3 is 9.30 Å². The Morgan fingerprint density at radius 2 is 1.44 bits per heavy atom. The van der Waals surface area contributed by atoms with E-state index in [1.807, 2.05) is 54.0 Å². The maximum Gasteiger partial charge on any atom is 2.00 e. The van der Waals surface area contributed by atoms with Crippen LogP contribution < -0.4 is 4.74 Å². The molecule has 5 nitrogen and oxygen atoms in total. The summed E-state index contributed by atoms with van der Waals surface area (Å²) in [6, 6.07) is 28.0. The summed E-state index contributed by atoms with van der Waals surface area (Å²) in [6.45, 7) is 3.17. The van der Waals surface area contributed by atoms with Gasteiger partial charge in [-0.05, 0) is 66.4 Å². The number of alkyl halides is 6. The molecule has 48 heavy (non-hydrogen) atoms. The number of fused-ring (bicyclic) bond motifs is 3. The van der Waals surface area contributed by atoms with Crippen LogP contribution in [0.3, 0.4) is 0 Å². The fraction of sp³-hybridized carbons (Fsp3) is 0.111. The summed E-state index contributed by atoms with van der Waals surface area (Å²) in [5.41, 5.74) is -1.35. The molecule has 7 aromatic rings. The van der Waals surface area contributed by atoms with Crippen molar-refractivity contribution < 1.29 is 52.1 Å². The molecule has 12 heteroatoms. The van der Waals surface area contributed by atoms with Crippen molar-refractivity contribution in [3.8, 4) is 34.1 Å². The molecule has 0 spiro atoms. The number of aromatic nitrogens is 4. The molecule has 0 saturated carbocycles. The van der Waals surface area contributed by atoms with Crippen LogP contribution in [0.15, 0.2) is 97.5 Å². The Bertz CT molecular complexity index is 2270. The molecule has 3 heterocycles. The minimum Gasteiger partial charge on any atom is -0.509 e. The number of hydrogen-bond acceptors (Lipinski definition) is 3. The minimum atomic E-state index is -5.03. The maximum atomic E-state index is 13.9. The summed E-state index contributed by atoms with van der Waals surface area (Å²) < 4.78 is 92.9. The van der Waals surface area contributed by atoms with E-state index in [4.69, 9.17) is 4.74 Å². The molecule has 3 aromatic heterocycles. The second-order valence-corrected chi connectivity index (χ2v) is 11.0. The van der Waals surface area contributed by atoms with Crippen LogP contribution in [0.25, 0.3) is 44.4 Å². The normalized spacial score (nSPS) is 12.0. The number of aryl methyl sites for hydroxylation is 2. The van der Waals surface area contributed by atoms with Gasteiger partial charge in [0, 0.05) is 40.5 Å². The van der Waals surface area contributed by atoms with E-state index in [-0.39, 0.29) is 43.6 Å². The van der Waals surface area contributed by atoms with Gasteiger partial charge in [-0.3, -0.25) is 4.68 Å². The first-order chi connectivity index (χ1) is 22.4. The van der Waals surface area contributed by atoms with Gasteiger partial charge in [0.05, 0.1) is 17.3 Å². The van der Waals surface area contributed by atoms with Gasteiger partial charge in [-0.25, -0.2) is 4.98 Å². The standard InChI is InChI=1S/C36H22F6N4O.Pt/c1-21-12-13-43-33(16-21)46-31-9-4-3-8-27(31)28-11-10-26(18-32(28)46)47-25-7-5-6-24(17-25)45-20-23(19-44-45)34-29(35(37,38)39)14-22(2)15-30(34)36(40,41)42;/h3-16,19-20H,1-2H3;/q-2;+2. The molecule has 0 aliphatic carbocycles. The Kier molecular flexibility index (Phi) is 8.45. The van der Waals surface area contributed by atoms with Gasteiger partial charge in [-0.1, -0.05) is 23.7 Å². The van der Waals surface area contributed by atoms with Crippen LogP contribution in [-0.4, -0.2) is 19.3 Å². The molecule has 0 bridgehead atoms. The summed E-state index contributed by atoms with van der Waals surface area (Å²) >= 11 is 0. The van der Waals surface area contributed by atoms with E-state index in [1.165, 1.54) is 6.92 Å². The summed E-state index contributed by atoms with van der Waals surface area (Å²) in [7, 11) is 0. The van der Waals surface area contributed by atoms with Gasteiger partial charge in [0.2, 0.25) is 0 Å². The molecule has 0 N–H and O–H groups in total. The minimum absolute atomic E-state index is 0. The molecule has 244 valence electrons. The van der Waals surface area contributed by atoms with Crippen LogP contribution >= 0.6 is 0 Å². The Balaban J connectivity index is 0.00000401. The number of rotatable bonds is 5. The third kappa shape index (κ3) is 6.10. The van der Waals surface area contributed by atoms with Gasteiger partial charge in [-0.15, -0.1) is 35.7 Å². The average Bonchev–Trinajstić information content (AvgIpc) is 3.63. The third-order valence-electron chi connectivity index (χ3n) is 7.67. The quantitative estimate of drug-likeness (QED) is 0.128. The van der Waals surface area contributed by atoms with Crippen molar-refractivity contribution >= 4 is 21.8 Å². The Hall–Kier alpha value is -4.89. The number of halogens is 6. The van der Waals surface area contributed by atoms with Crippen molar-refractivity contribution in [2.45, 2.75) is 26.2 Å². The first-order valence-electron chi connectivity index (χ1n) is 14.3. The Morgan fingerprint density at radius 1 is 0.729 bits per heavy atom. The van der Waals surface area contributed by atoms with Crippen molar-refractivity contribution in [3.63, 3.8) is 0 Å². The van der Waals surface area contributed by atoms with Crippen LogP contribution in [-0.2, 0) is 33.4 Å². The molecule has 0 aliphatic heterocycles. The van der Waals surface area contributed by atoms with Crippen molar-refractivity contribution in [3.05, 3.63) is 132 Å². The summed E-state index contributed by atoms with van der Waals surface area (Å²) in [5, 5.41) is 6.02. The van der Waals surface area contributed by atoms with Gasteiger partial charge in [0.1, 0.15) is 5.82 Å². The zero-order chi connectivity index (χ0) is 33.1. The van der Waals surface area contributed by atoms with Crippen molar-refractivity contribution in [1.82, 2.24) is 19.3 Å². The third-order valence-corrected chi connectivity index (χ3v) is 7.67. The topological polar surface area (TPSA) is 44.9 Å². The molecule has 0 aliphatic rings. The van der Waals surface area contributed by atoms with E-state index in [0.717, 1.165) is 44.4 Å². The summed E-state index contributed by atoms with van der Waals surface area (Å²) in [4.78, 5) is 4.57. The van der Waals surface area contributed by atoms with Crippen LogP contribution in [0.1, 0.15) is 22.3 Å². The second-order valence-electron chi connectivity index (χ2n) is 11.0. The SMILES string of the molecule is Cc1ccnc(-n2c3[c-]c(Oc4[c-]c(-n5cc(-c6c(C(F)(F)F)cc(C)cc6C(F)(F)F)cn5)ccc4)ccc3c3ccccc32)c1.[Pt+2]. The van der Waals surface area contributed by atoms with E-state index in [1.54, 1.807) is 30.5 Å². The molecule has 7 rings (SSSR count). The molecule has 4 aromatic carbocycles. The second kappa shape index (κ2) is 12.3. The average molecular weight is 836 g/mol. The largest absolute Gasteiger partial charge is 2.00 e. The van der Waals surface area contributed by atoms with E-state index in [2.05, 4.69) is 22.2 Å². The van der Waals surface area contributed by atoms with E-state index in [0.29, 0.717) is 23.7 Å². The molecular formula is C36H22F6N4OPt. The molecule has 0 atom stereocenters. The number of benzene rings is 4. The van der Waals surface area contributed by atoms with Crippen molar-refractivity contribution in [1.29, 1.82) is 0 Å². The summed E-state index contributed by atoms with van der Waals surface area (Å²) in [5.74, 6) is 1.30. The molecule has 0 radical (unpaired) electrons. The summed E-state index contributed by atoms with van der Waals surface area (Å²) in [6.07, 6.45) is -6.24. The fourth-order valence-corrected chi connectivity index (χ4v) is 5.69. The Morgan fingerprint density at radius 3 is 2.15 bits per heavy atom. The maximum absolute atomic E-state index is 13.9. The van der Waals surface area contributed by atoms with E-state index < -0.39 is 29.0 Å². The van der Waals surface area contributed by atoms with Gasteiger partial charge in [0.15, 0.2) is 0 Å². The first kappa shape index (κ1) is 33.0. The number of nitrogens with zero attached hydrogens (tertiary/aromatic N) is 4. The van der Waals surface area contributed by atoms with Gasteiger partial charge in [0.25, 0.3) is 0 Å². The smallest absolute Gasteiger partial charge is 0.509 e.